The van der Waals surface area contributed by atoms with Gasteiger partial charge in [0.15, 0.2) is 17.3 Å². The van der Waals surface area contributed by atoms with Gasteiger partial charge in [0.2, 0.25) is 12.7 Å². The lowest BCUT2D eigenvalue weighted by atomic mass is 10.2. The van der Waals surface area contributed by atoms with Gasteiger partial charge >= 0.3 is 0 Å². The van der Waals surface area contributed by atoms with E-state index in [1.807, 2.05) is 6.92 Å². The number of carbonyl (C=O) groups excluding carboxylic acids is 1. The van der Waals surface area contributed by atoms with Gasteiger partial charge in [-0.2, -0.15) is 0 Å². The van der Waals surface area contributed by atoms with Crippen LogP contribution in [0.1, 0.15) is 5.69 Å². The number of ether oxygens (including phenoxy) is 2. The Kier molecular flexibility index (Phi) is 5.12. The first-order valence-corrected chi connectivity index (χ1v) is 9.49. The maximum Gasteiger partial charge on any atom is 0.234 e. The van der Waals surface area contributed by atoms with E-state index in [0.717, 1.165) is 5.69 Å². The molecule has 0 aliphatic carbocycles. The quantitative estimate of drug-likeness (QED) is 0.517. The molecule has 1 aromatic heterocycles. The van der Waals surface area contributed by atoms with Crippen LogP contribution in [0.15, 0.2) is 53.6 Å². The highest BCUT2D eigenvalue weighted by molar-refractivity contribution is 7.99. The van der Waals surface area contributed by atoms with Gasteiger partial charge in [-0.1, -0.05) is 23.9 Å². The van der Waals surface area contributed by atoms with E-state index >= 15 is 0 Å². The van der Waals surface area contributed by atoms with Crippen molar-refractivity contribution in [1.82, 2.24) is 9.97 Å². The second-order valence-electron chi connectivity index (χ2n) is 6.09. The van der Waals surface area contributed by atoms with Crippen LogP contribution >= 0.6 is 11.8 Å². The lowest BCUT2D eigenvalue weighted by molar-refractivity contribution is -0.113. The Balaban J connectivity index is 1.42. The van der Waals surface area contributed by atoms with Crippen LogP contribution < -0.4 is 14.8 Å². The summed E-state index contributed by atoms with van der Waals surface area (Å²) in [5, 5.41) is 3.47. The second kappa shape index (κ2) is 7.85. The van der Waals surface area contributed by atoms with Gasteiger partial charge in [0.1, 0.15) is 10.8 Å². The summed E-state index contributed by atoms with van der Waals surface area (Å²) in [5.74, 6) is 1.35. The summed E-state index contributed by atoms with van der Waals surface area (Å²) in [6.45, 7) is 2.02. The number of benzene rings is 2. The summed E-state index contributed by atoms with van der Waals surface area (Å²) in [6, 6.07) is 13.1. The molecule has 1 amide bonds. The van der Waals surface area contributed by atoms with Crippen molar-refractivity contribution in [3.8, 4) is 22.9 Å². The molecule has 0 radical (unpaired) electrons. The van der Waals surface area contributed by atoms with Crippen molar-refractivity contribution in [1.29, 1.82) is 0 Å². The monoisotopic (exact) mass is 397 g/mol. The number of rotatable bonds is 5. The maximum atomic E-state index is 13.5. The first-order chi connectivity index (χ1) is 13.6. The topological polar surface area (TPSA) is 73.3 Å². The minimum atomic E-state index is -0.347. The zero-order valence-electron chi connectivity index (χ0n) is 14.9. The Bertz CT molecular complexity index is 1040. The molecule has 8 heteroatoms. The number of nitrogens with one attached hydrogen (secondary N) is 1. The molecular formula is C20H16FN3O3S. The lowest BCUT2D eigenvalue weighted by Gasteiger charge is -2.08. The van der Waals surface area contributed by atoms with Crippen molar-refractivity contribution in [3.05, 3.63) is 60.0 Å². The molecule has 0 saturated heterocycles. The predicted octanol–water partition coefficient (Wildman–Crippen LogP) is 4.05. The van der Waals surface area contributed by atoms with E-state index in [0.29, 0.717) is 33.6 Å². The maximum absolute atomic E-state index is 13.5. The number of aryl methyl sites for hydroxylation is 1. The molecule has 0 saturated carbocycles. The Labute approximate surface area is 165 Å². The predicted molar refractivity (Wildman–Crippen MR) is 104 cm³/mol. The van der Waals surface area contributed by atoms with Crippen molar-refractivity contribution < 1.29 is 18.7 Å². The average molecular weight is 397 g/mol. The number of carbonyl (C=O) groups is 1. The number of aromatic nitrogens is 2. The highest BCUT2D eigenvalue weighted by Gasteiger charge is 2.14. The Morgan fingerprint density at radius 1 is 1.14 bits per heavy atom. The Morgan fingerprint density at radius 2 is 2.00 bits per heavy atom. The summed E-state index contributed by atoms with van der Waals surface area (Å²) in [4.78, 5) is 21.1. The third-order valence-corrected chi connectivity index (χ3v) is 4.83. The molecule has 142 valence electrons. The lowest BCUT2D eigenvalue weighted by Crippen LogP contribution is -2.14. The number of hydrogen-bond acceptors (Lipinski definition) is 6. The van der Waals surface area contributed by atoms with Crippen LogP contribution in [0, 0.1) is 12.7 Å². The summed E-state index contributed by atoms with van der Waals surface area (Å²) < 4.78 is 24.0. The molecule has 3 aromatic rings. The van der Waals surface area contributed by atoms with Crippen molar-refractivity contribution >= 4 is 23.4 Å². The van der Waals surface area contributed by atoms with Crippen LogP contribution in [0.4, 0.5) is 10.1 Å². The summed E-state index contributed by atoms with van der Waals surface area (Å²) >= 11 is 1.29. The fourth-order valence-corrected chi connectivity index (χ4v) is 3.44. The van der Waals surface area contributed by atoms with Gasteiger partial charge < -0.3 is 14.8 Å². The molecule has 1 N–H and O–H groups in total. The Morgan fingerprint density at radius 3 is 2.86 bits per heavy atom. The van der Waals surface area contributed by atoms with Gasteiger partial charge in [0.05, 0.1) is 5.75 Å². The van der Waals surface area contributed by atoms with E-state index in [4.69, 9.17) is 9.47 Å². The zero-order chi connectivity index (χ0) is 19.5. The van der Waals surface area contributed by atoms with Gasteiger partial charge in [-0.05, 0) is 37.3 Å². The molecule has 0 fully saturated rings. The molecule has 0 spiro atoms. The van der Waals surface area contributed by atoms with Crippen LogP contribution in [0.3, 0.4) is 0 Å². The van der Waals surface area contributed by atoms with Crippen molar-refractivity contribution in [2.24, 2.45) is 0 Å². The molecule has 28 heavy (non-hydrogen) atoms. The van der Waals surface area contributed by atoms with Gasteiger partial charge in [0, 0.05) is 23.0 Å². The first-order valence-electron chi connectivity index (χ1n) is 8.51. The number of fused-ring (bicyclic) bond motifs is 1. The Hall–Kier alpha value is -3.13. The summed E-state index contributed by atoms with van der Waals surface area (Å²) in [7, 11) is 0. The van der Waals surface area contributed by atoms with E-state index in [9.17, 15) is 9.18 Å². The van der Waals surface area contributed by atoms with Crippen LogP contribution in [0.25, 0.3) is 11.4 Å². The summed E-state index contributed by atoms with van der Waals surface area (Å²) in [6.07, 6.45) is 0. The molecular weight excluding hydrogens is 381 g/mol. The minimum absolute atomic E-state index is 0.174. The van der Waals surface area contributed by atoms with E-state index in [-0.39, 0.29) is 24.3 Å². The van der Waals surface area contributed by atoms with Crippen LogP contribution in [0.5, 0.6) is 11.5 Å². The smallest absolute Gasteiger partial charge is 0.234 e. The molecule has 0 bridgehead atoms. The fraction of sp³-hybridized carbons (Fsp3) is 0.150. The van der Waals surface area contributed by atoms with Gasteiger partial charge in [-0.3, -0.25) is 4.79 Å². The molecule has 1 aliphatic rings. The first kappa shape index (κ1) is 18.2. The van der Waals surface area contributed by atoms with Crippen molar-refractivity contribution in [2.75, 3.05) is 17.9 Å². The molecule has 2 aromatic carbocycles. The van der Waals surface area contributed by atoms with Crippen LogP contribution in [-0.2, 0) is 4.79 Å². The minimum Gasteiger partial charge on any atom is -0.454 e. The molecule has 2 heterocycles. The molecule has 0 atom stereocenters. The van der Waals surface area contributed by atoms with Gasteiger partial charge in [0.25, 0.3) is 0 Å². The normalized spacial score (nSPS) is 12.1. The van der Waals surface area contributed by atoms with E-state index in [1.165, 1.54) is 23.9 Å². The summed E-state index contributed by atoms with van der Waals surface area (Å²) in [5.41, 5.74) is 1.97. The van der Waals surface area contributed by atoms with Crippen molar-refractivity contribution in [3.63, 3.8) is 0 Å². The van der Waals surface area contributed by atoms with Crippen LogP contribution in [-0.4, -0.2) is 28.4 Å². The van der Waals surface area contributed by atoms with Crippen LogP contribution in [0.2, 0.25) is 0 Å². The third kappa shape index (κ3) is 4.23. The molecule has 0 unspecified atom stereocenters. The fourth-order valence-electron chi connectivity index (χ4n) is 2.68. The number of hydrogen-bond donors (Lipinski definition) is 1. The average Bonchev–Trinajstić information content (AvgIpc) is 3.14. The third-order valence-electron chi connectivity index (χ3n) is 3.92. The number of amides is 1. The van der Waals surface area contributed by atoms with Gasteiger partial charge in [-0.25, -0.2) is 14.4 Å². The molecule has 1 aliphatic heterocycles. The largest absolute Gasteiger partial charge is 0.454 e. The highest BCUT2D eigenvalue weighted by Crippen LogP contribution is 2.34. The number of nitrogens with zero attached hydrogens (tertiary/aromatic N) is 2. The van der Waals surface area contributed by atoms with Gasteiger partial charge in [-0.15, -0.1) is 0 Å². The van der Waals surface area contributed by atoms with E-state index < -0.39 is 0 Å². The molecule has 4 rings (SSSR count). The van der Waals surface area contributed by atoms with Crippen molar-refractivity contribution in [2.45, 2.75) is 11.9 Å². The second-order valence-corrected chi connectivity index (χ2v) is 7.08. The standard InChI is InChI=1S/C20H16FN3O3S/c1-12-7-19(24-20(22-12)13-3-2-4-14(21)8-13)28-10-18(25)23-15-5-6-16-17(9-15)27-11-26-16/h2-9H,10-11H2,1H3,(H,23,25). The SMILES string of the molecule is Cc1cc(SCC(=O)Nc2ccc3c(c2)OCO3)nc(-c2cccc(F)c2)n1. The van der Waals surface area contributed by atoms with E-state index in [1.54, 1.807) is 36.4 Å². The number of thioether (sulfide) groups is 1. The van der Waals surface area contributed by atoms with E-state index in [2.05, 4.69) is 15.3 Å². The number of halogens is 1. The highest BCUT2D eigenvalue weighted by atomic mass is 32.2. The number of anilines is 1. The molecule has 6 nitrogen and oxygen atoms in total. The zero-order valence-corrected chi connectivity index (χ0v) is 15.8.